The summed E-state index contributed by atoms with van der Waals surface area (Å²) in [6.07, 6.45) is -4.59. The highest BCUT2D eigenvalue weighted by molar-refractivity contribution is 5.92. The predicted molar refractivity (Wildman–Crippen MR) is 73.0 cm³/mol. The third-order valence-electron chi connectivity index (χ3n) is 2.86. The second-order valence-electron chi connectivity index (χ2n) is 4.35. The van der Waals surface area contributed by atoms with Crippen molar-refractivity contribution in [3.63, 3.8) is 0 Å². The molecule has 0 unspecified atom stereocenters. The van der Waals surface area contributed by atoms with Crippen molar-refractivity contribution >= 4 is 5.91 Å². The minimum absolute atomic E-state index is 0.0729. The van der Waals surface area contributed by atoms with Crippen molar-refractivity contribution < 1.29 is 27.4 Å². The molecular weight excluding hydrogens is 299 g/mol. The summed E-state index contributed by atoms with van der Waals surface area (Å²) in [4.78, 5) is 10.9. The number of amides is 1. The number of benzene rings is 2. The molecule has 0 fully saturated rings. The SMILES string of the molecule is COc1ccc(Oc2ccc(C(N)=O)cc2)c(C(F)(F)F)c1. The van der Waals surface area contributed by atoms with Crippen molar-refractivity contribution in [3.8, 4) is 17.2 Å². The zero-order valence-corrected chi connectivity index (χ0v) is 11.5. The summed E-state index contributed by atoms with van der Waals surface area (Å²) in [5, 5.41) is 0. The van der Waals surface area contributed by atoms with E-state index in [0.717, 1.165) is 6.07 Å². The predicted octanol–water partition coefficient (Wildman–Crippen LogP) is 3.61. The highest BCUT2D eigenvalue weighted by Crippen LogP contribution is 2.40. The Bertz CT molecular complexity index is 681. The zero-order chi connectivity index (χ0) is 16.3. The van der Waals surface area contributed by atoms with E-state index in [1.807, 2.05) is 0 Å². The van der Waals surface area contributed by atoms with E-state index in [1.54, 1.807) is 0 Å². The van der Waals surface area contributed by atoms with Crippen LogP contribution < -0.4 is 15.2 Å². The fourth-order valence-electron chi connectivity index (χ4n) is 1.76. The van der Waals surface area contributed by atoms with Gasteiger partial charge in [0.1, 0.15) is 22.8 Å². The van der Waals surface area contributed by atoms with Crippen LogP contribution in [0.5, 0.6) is 17.2 Å². The van der Waals surface area contributed by atoms with Crippen LogP contribution in [0.3, 0.4) is 0 Å². The number of alkyl halides is 3. The second-order valence-corrected chi connectivity index (χ2v) is 4.35. The van der Waals surface area contributed by atoms with Crippen molar-refractivity contribution in [1.29, 1.82) is 0 Å². The molecule has 0 aliphatic heterocycles. The third kappa shape index (κ3) is 3.49. The molecule has 2 aromatic rings. The van der Waals surface area contributed by atoms with Gasteiger partial charge in [0, 0.05) is 5.56 Å². The van der Waals surface area contributed by atoms with Crippen molar-refractivity contribution in [2.24, 2.45) is 5.73 Å². The van der Waals surface area contributed by atoms with Gasteiger partial charge in [-0.3, -0.25) is 4.79 Å². The molecule has 2 aromatic carbocycles. The quantitative estimate of drug-likeness (QED) is 0.938. The van der Waals surface area contributed by atoms with Gasteiger partial charge >= 0.3 is 6.18 Å². The minimum atomic E-state index is -4.59. The molecular formula is C15H12F3NO3. The molecule has 2 N–H and O–H groups in total. The third-order valence-corrected chi connectivity index (χ3v) is 2.86. The molecule has 116 valence electrons. The molecule has 0 atom stereocenters. The van der Waals surface area contributed by atoms with Crippen LogP contribution in [0, 0.1) is 0 Å². The van der Waals surface area contributed by atoms with Crippen LogP contribution in [-0.4, -0.2) is 13.0 Å². The fraction of sp³-hybridized carbons (Fsp3) is 0.133. The molecule has 1 amide bonds. The van der Waals surface area contributed by atoms with Crippen molar-refractivity contribution in [3.05, 3.63) is 53.6 Å². The van der Waals surface area contributed by atoms with Gasteiger partial charge < -0.3 is 15.2 Å². The van der Waals surface area contributed by atoms with E-state index >= 15 is 0 Å². The molecule has 0 saturated heterocycles. The van der Waals surface area contributed by atoms with Gasteiger partial charge in [0.05, 0.1) is 7.11 Å². The van der Waals surface area contributed by atoms with Gasteiger partial charge in [-0.15, -0.1) is 0 Å². The number of primary amides is 1. The first-order chi connectivity index (χ1) is 10.3. The smallest absolute Gasteiger partial charge is 0.420 e. The molecule has 0 radical (unpaired) electrons. The standard InChI is InChI=1S/C15H12F3NO3/c1-21-11-6-7-13(12(8-11)15(16,17)18)22-10-4-2-9(3-5-10)14(19)20/h2-8H,1H3,(H2,19,20). The number of nitrogens with two attached hydrogens (primary N) is 1. The summed E-state index contributed by atoms with van der Waals surface area (Å²) in [7, 11) is 1.28. The van der Waals surface area contributed by atoms with Gasteiger partial charge in [-0.25, -0.2) is 0 Å². The lowest BCUT2D eigenvalue weighted by Crippen LogP contribution is -2.10. The first-order valence-corrected chi connectivity index (χ1v) is 6.14. The van der Waals surface area contributed by atoms with E-state index < -0.39 is 17.6 Å². The lowest BCUT2D eigenvalue weighted by Gasteiger charge is -2.15. The fourth-order valence-corrected chi connectivity index (χ4v) is 1.76. The lowest BCUT2D eigenvalue weighted by atomic mass is 10.1. The molecule has 0 bridgehead atoms. The molecule has 0 aliphatic rings. The average molecular weight is 311 g/mol. The van der Waals surface area contributed by atoms with E-state index in [0.29, 0.717) is 0 Å². The first-order valence-electron chi connectivity index (χ1n) is 6.14. The molecule has 0 aliphatic carbocycles. The maximum absolute atomic E-state index is 13.0. The average Bonchev–Trinajstić information content (AvgIpc) is 2.47. The number of hydrogen-bond acceptors (Lipinski definition) is 3. The van der Waals surface area contributed by atoms with Crippen molar-refractivity contribution in [2.75, 3.05) is 7.11 Å². The minimum Gasteiger partial charge on any atom is -0.497 e. The van der Waals surface area contributed by atoms with Crippen molar-refractivity contribution in [1.82, 2.24) is 0 Å². The van der Waals surface area contributed by atoms with Crippen LogP contribution in [0.4, 0.5) is 13.2 Å². The highest BCUT2D eigenvalue weighted by atomic mass is 19.4. The summed E-state index contributed by atoms with van der Waals surface area (Å²) >= 11 is 0. The topological polar surface area (TPSA) is 61.6 Å². The number of ether oxygens (including phenoxy) is 2. The van der Waals surface area contributed by atoms with Crippen LogP contribution >= 0.6 is 0 Å². The molecule has 0 aromatic heterocycles. The number of carbonyl (C=O) groups is 1. The van der Waals surface area contributed by atoms with Gasteiger partial charge in [-0.1, -0.05) is 0 Å². The molecule has 22 heavy (non-hydrogen) atoms. The Kier molecular flexibility index (Phi) is 4.25. The van der Waals surface area contributed by atoms with Crippen LogP contribution in [0.25, 0.3) is 0 Å². The molecule has 7 heteroatoms. The Balaban J connectivity index is 2.34. The van der Waals surface area contributed by atoms with E-state index in [-0.39, 0.29) is 22.8 Å². The Labute approximate surface area is 124 Å². The second kappa shape index (κ2) is 5.97. The van der Waals surface area contributed by atoms with E-state index in [1.165, 1.54) is 43.5 Å². The van der Waals surface area contributed by atoms with Gasteiger partial charge in [0.25, 0.3) is 0 Å². The summed E-state index contributed by atoms with van der Waals surface area (Å²) in [5.41, 5.74) is 4.37. The Morgan fingerprint density at radius 1 is 1.05 bits per heavy atom. The van der Waals surface area contributed by atoms with Gasteiger partial charge in [0.15, 0.2) is 0 Å². The van der Waals surface area contributed by atoms with Gasteiger partial charge in [-0.2, -0.15) is 13.2 Å². The summed E-state index contributed by atoms with van der Waals surface area (Å²) in [6.45, 7) is 0. The number of rotatable bonds is 4. The Morgan fingerprint density at radius 2 is 1.64 bits per heavy atom. The van der Waals surface area contributed by atoms with Gasteiger partial charge in [0.2, 0.25) is 5.91 Å². The molecule has 0 spiro atoms. The Hall–Kier alpha value is -2.70. The zero-order valence-electron chi connectivity index (χ0n) is 11.5. The molecule has 4 nitrogen and oxygen atoms in total. The highest BCUT2D eigenvalue weighted by Gasteiger charge is 2.35. The Morgan fingerprint density at radius 3 is 2.14 bits per heavy atom. The number of hydrogen-bond donors (Lipinski definition) is 1. The number of methoxy groups -OCH3 is 1. The maximum atomic E-state index is 13.0. The van der Waals surface area contributed by atoms with E-state index in [9.17, 15) is 18.0 Å². The van der Waals surface area contributed by atoms with Crippen LogP contribution in [0.2, 0.25) is 0 Å². The summed E-state index contributed by atoms with van der Waals surface area (Å²) in [6, 6.07) is 8.86. The van der Waals surface area contributed by atoms with Crippen LogP contribution in [-0.2, 0) is 6.18 Å². The van der Waals surface area contributed by atoms with E-state index in [2.05, 4.69) is 0 Å². The van der Waals surface area contributed by atoms with Crippen LogP contribution in [0.1, 0.15) is 15.9 Å². The first kappa shape index (κ1) is 15.7. The normalized spacial score (nSPS) is 11.1. The molecule has 2 rings (SSSR count). The number of carbonyl (C=O) groups excluding carboxylic acids is 1. The largest absolute Gasteiger partial charge is 0.497 e. The van der Waals surface area contributed by atoms with Crippen LogP contribution in [0.15, 0.2) is 42.5 Å². The number of halogens is 3. The summed E-state index contributed by atoms with van der Waals surface area (Å²) < 4.78 is 49.2. The lowest BCUT2D eigenvalue weighted by molar-refractivity contribution is -0.138. The molecule has 0 saturated carbocycles. The van der Waals surface area contributed by atoms with Crippen molar-refractivity contribution in [2.45, 2.75) is 6.18 Å². The monoisotopic (exact) mass is 311 g/mol. The van der Waals surface area contributed by atoms with E-state index in [4.69, 9.17) is 15.2 Å². The summed E-state index contributed by atoms with van der Waals surface area (Å²) in [5.74, 6) is -0.767. The van der Waals surface area contributed by atoms with Gasteiger partial charge in [-0.05, 0) is 42.5 Å². The maximum Gasteiger partial charge on any atom is 0.420 e. The molecule has 0 heterocycles.